The quantitative estimate of drug-likeness (QED) is 0.939. The van der Waals surface area contributed by atoms with E-state index in [0.717, 1.165) is 30.1 Å². The maximum atomic E-state index is 12.2. The number of carbonyl (C=O) groups is 1. The number of nitrogens with zero attached hydrogens (tertiary/aromatic N) is 1. The monoisotopic (exact) mass is 320 g/mol. The number of thiophene rings is 1. The van der Waals surface area contributed by atoms with Gasteiger partial charge in [-0.25, -0.2) is 0 Å². The van der Waals surface area contributed by atoms with Crippen molar-refractivity contribution in [2.24, 2.45) is 0 Å². The standard InChI is InChI=1S/C16H17ClN2OS/c17-14-4-2-1-3-12(14)9-18-10-16(20)19-7-5-15-13(11-19)6-8-21-15/h1-4,6,8,18H,5,7,9-11H2. The Morgan fingerprint density at radius 3 is 3.05 bits per heavy atom. The minimum Gasteiger partial charge on any atom is -0.337 e. The highest BCUT2D eigenvalue weighted by atomic mass is 35.5. The molecule has 0 fully saturated rings. The second-order valence-corrected chi connectivity index (χ2v) is 6.54. The number of fused-ring (bicyclic) bond motifs is 1. The predicted octanol–water partition coefficient (Wildman–Crippen LogP) is 3.08. The van der Waals surface area contributed by atoms with E-state index in [-0.39, 0.29) is 5.91 Å². The number of rotatable bonds is 4. The van der Waals surface area contributed by atoms with Crippen molar-refractivity contribution in [2.45, 2.75) is 19.5 Å². The number of hydrogen-bond donors (Lipinski definition) is 1. The highest BCUT2D eigenvalue weighted by Gasteiger charge is 2.20. The van der Waals surface area contributed by atoms with Crippen LogP contribution in [0.15, 0.2) is 35.7 Å². The van der Waals surface area contributed by atoms with Gasteiger partial charge in [-0.2, -0.15) is 0 Å². The molecular formula is C16H17ClN2OS. The molecule has 1 aliphatic rings. The Hall–Kier alpha value is -1.36. The van der Waals surface area contributed by atoms with Crippen molar-refractivity contribution in [3.05, 3.63) is 56.7 Å². The number of nitrogens with one attached hydrogen (secondary N) is 1. The number of benzene rings is 1. The molecule has 110 valence electrons. The Balaban J connectivity index is 1.50. The van der Waals surface area contributed by atoms with E-state index < -0.39 is 0 Å². The molecule has 3 rings (SSSR count). The SMILES string of the molecule is O=C(CNCc1ccccc1Cl)N1CCc2sccc2C1. The molecule has 3 nitrogen and oxygen atoms in total. The molecule has 0 radical (unpaired) electrons. The van der Waals surface area contributed by atoms with Crippen LogP contribution < -0.4 is 5.32 Å². The Labute approximate surface area is 133 Å². The van der Waals surface area contributed by atoms with Crippen LogP contribution in [0.4, 0.5) is 0 Å². The molecular weight excluding hydrogens is 304 g/mol. The maximum absolute atomic E-state index is 12.2. The number of carbonyl (C=O) groups excluding carboxylic acids is 1. The summed E-state index contributed by atoms with van der Waals surface area (Å²) in [6, 6.07) is 9.81. The van der Waals surface area contributed by atoms with Gasteiger partial charge in [0.05, 0.1) is 6.54 Å². The third-order valence-electron chi connectivity index (χ3n) is 3.71. The molecule has 2 heterocycles. The van der Waals surface area contributed by atoms with E-state index in [1.165, 1.54) is 10.4 Å². The normalized spacial score (nSPS) is 14.0. The van der Waals surface area contributed by atoms with Crippen LogP contribution in [0.25, 0.3) is 0 Å². The van der Waals surface area contributed by atoms with Crippen LogP contribution in [0.3, 0.4) is 0 Å². The summed E-state index contributed by atoms with van der Waals surface area (Å²) in [5.41, 5.74) is 2.32. The van der Waals surface area contributed by atoms with Crippen LogP contribution in [-0.2, 0) is 24.3 Å². The number of amides is 1. The summed E-state index contributed by atoms with van der Waals surface area (Å²) in [6.45, 7) is 2.53. The van der Waals surface area contributed by atoms with Gasteiger partial charge in [0.1, 0.15) is 0 Å². The lowest BCUT2D eigenvalue weighted by Crippen LogP contribution is -2.40. The molecule has 1 aromatic heterocycles. The van der Waals surface area contributed by atoms with Gasteiger partial charge in [-0.15, -0.1) is 11.3 Å². The summed E-state index contributed by atoms with van der Waals surface area (Å²) in [6.07, 6.45) is 0.975. The van der Waals surface area contributed by atoms with E-state index in [9.17, 15) is 4.79 Å². The zero-order valence-corrected chi connectivity index (χ0v) is 13.2. The molecule has 0 spiro atoms. The Kier molecular flexibility index (Phi) is 4.58. The molecule has 1 aliphatic heterocycles. The molecule has 2 aromatic rings. The maximum Gasteiger partial charge on any atom is 0.236 e. The molecule has 1 amide bonds. The molecule has 0 bridgehead atoms. The van der Waals surface area contributed by atoms with Crippen molar-refractivity contribution in [1.29, 1.82) is 0 Å². The van der Waals surface area contributed by atoms with Gasteiger partial charge in [-0.1, -0.05) is 29.8 Å². The summed E-state index contributed by atoms with van der Waals surface area (Å²) >= 11 is 7.89. The van der Waals surface area contributed by atoms with Gasteiger partial charge in [0, 0.05) is 29.5 Å². The van der Waals surface area contributed by atoms with Crippen molar-refractivity contribution in [3.63, 3.8) is 0 Å². The average molecular weight is 321 g/mol. The topological polar surface area (TPSA) is 32.3 Å². The Morgan fingerprint density at radius 1 is 1.33 bits per heavy atom. The van der Waals surface area contributed by atoms with E-state index >= 15 is 0 Å². The molecule has 0 unspecified atom stereocenters. The molecule has 0 saturated heterocycles. The van der Waals surface area contributed by atoms with E-state index in [1.807, 2.05) is 29.2 Å². The van der Waals surface area contributed by atoms with E-state index in [4.69, 9.17) is 11.6 Å². The third-order valence-corrected chi connectivity index (χ3v) is 5.10. The van der Waals surface area contributed by atoms with E-state index in [2.05, 4.69) is 16.8 Å². The lowest BCUT2D eigenvalue weighted by Gasteiger charge is -2.27. The number of hydrogen-bond acceptors (Lipinski definition) is 3. The van der Waals surface area contributed by atoms with Crippen molar-refractivity contribution in [1.82, 2.24) is 10.2 Å². The average Bonchev–Trinajstić information content (AvgIpc) is 2.96. The second kappa shape index (κ2) is 6.60. The van der Waals surface area contributed by atoms with Gasteiger partial charge in [0.2, 0.25) is 5.91 Å². The van der Waals surface area contributed by atoms with Gasteiger partial charge in [0.15, 0.2) is 0 Å². The van der Waals surface area contributed by atoms with Crippen LogP contribution in [-0.4, -0.2) is 23.9 Å². The fourth-order valence-electron chi connectivity index (χ4n) is 2.52. The summed E-state index contributed by atoms with van der Waals surface area (Å²) in [7, 11) is 0. The van der Waals surface area contributed by atoms with Crippen molar-refractivity contribution >= 4 is 28.8 Å². The molecule has 1 N–H and O–H groups in total. The fourth-order valence-corrected chi connectivity index (χ4v) is 3.61. The first-order valence-corrected chi connectivity index (χ1v) is 8.27. The predicted molar refractivity (Wildman–Crippen MR) is 86.6 cm³/mol. The molecule has 0 aliphatic carbocycles. The number of halogens is 1. The van der Waals surface area contributed by atoms with Crippen LogP contribution in [0.1, 0.15) is 16.0 Å². The van der Waals surface area contributed by atoms with Crippen LogP contribution >= 0.6 is 22.9 Å². The largest absolute Gasteiger partial charge is 0.337 e. The van der Waals surface area contributed by atoms with Crippen molar-refractivity contribution in [2.75, 3.05) is 13.1 Å². The first-order valence-electron chi connectivity index (χ1n) is 7.01. The van der Waals surface area contributed by atoms with Gasteiger partial charge < -0.3 is 10.2 Å². The minimum absolute atomic E-state index is 0.152. The second-order valence-electron chi connectivity index (χ2n) is 5.13. The van der Waals surface area contributed by atoms with Crippen LogP contribution in [0.5, 0.6) is 0 Å². The van der Waals surface area contributed by atoms with E-state index in [1.54, 1.807) is 11.3 Å². The molecule has 0 atom stereocenters. The molecule has 21 heavy (non-hydrogen) atoms. The summed E-state index contributed by atoms with van der Waals surface area (Å²) < 4.78 is 0. The Morgan fingerprint density at radius 2 is 2.19 bits per heavy atom. The minimum atomic E-state index is 0.152. The fraction of sp³-hybridized carbons (Fsp3) is 0.312. The summed E-state index contributed by atoms with van der Waals surface area (Å²) in [5.74, 6) is 0.152. The first-order chi connectivity index (χ1) is 10.2. The highest BCUT2D eigenvalue weighted by Crippen LogP contribution is 2.23. The van der Waals surface area contributed by atoms with Gasteiger partial charge in [-0.3, -0.25) is 4.79 Å². The lowest BCUT2D eigenvalue weighted by molar-refractivity contribution is -0.131. The molecule has 1 aromatic carbocycles. The van der Waals surface area contributed by atoms with Gasteiger partial charge in [0.25, 0.3) is 0 Å². The van der Waals surface area contributed by atoms with Crippen LogP contribution in [0, 0.1) is 0 Å². The first kappa shape index (κ1) is 14.6. The smallest absolute Gasteiger partial charge is 0.236 e. The van der Waals surface area contributed by atoms with Crippen molar-refractivity contribution < 1.29 is 4.79 Å². The zero-order valence-electron chi connectivity index (χ0n) is 11.6. The molecule has 5 heteroatoms. The van der Waals surface area contributed by atoms with Gasteiger partial charge in [-0.05, 0) is 35.1 Å². The molecule has 0 saturated carbocycles. The lowest BCUT2D eigenvalue weighted by atomic mass is 10.1. The van der Waals surface area contributed by atoms with Gasteiger partial charge >= 0.3 is 0 Å². The third kappa shape index (κ3) is 3.46. The van der Waals surface area contributed by atoms with E-state index in [0.29, 0.717) is 13.1 Å². The summed E-state index contributed by atoms with van der Waals surface area (Å²) in [4.78, 5) is 15.6. The summed E-state index contributed by atoms with van der Waals surface area (Å²) in [5, 5.41) is 6.02. The van der Waals surface area contributed by atoms with Crippen LogP contribution in [0.2, 0.25) is 5.02 Å². The Bertz CT molecular complexity index is 641. The van der Waals surface area contributed by atoms with Crippen molar-refractivity contribution in [3.8, 4) is 0 Å². The highest BCUT2D eigenvalue weighted by molar-refractivity contribution is 7.10. The zero-order chi connectivity index (χ0) is 14.7.